The fourth-order valence-electron chi connectivity index (χ4n) is 0.591. The van der Waals surface area contributed by atoms with Crippen LogP contribution in [0.1, 0.15) is 11.6 Å². The zero-order chi connectivity index (χ0) is 8.23. The second-order valence-corrected chi connectivity index (χ2v) is 1.82. The van der Waals surface area contributed by atoms with Crippen molar-refractivity contribution in [3.63, 3.8) is 0 Å². The Labute approximate surface area is 65.6 Å². The van der Waals surface area contributed by atoms with Crippen LogP contribution in [-0.4, -0.2) is 36.2 Å². The van der Waals surface area contributed by atoms with Crippen LogP contribution in [0.3, 0.4) is 0 Å². The van der Waals surface area contributed by atoms with Crippen LogP contribution in [0.2, 0.25) is 0 Å². The lowest BCUT2D eigenvalue weighted by Crippen LogP contribution is -1.77. The number of nitrogens with one attached hydrogen (secondary N) is 1. The van der Waals surface area contributed by atoms with Crippen molar-refractivity contribution >= 4 is 12.2 Å². The quantitative estimate of drug-likeness (QED) is 0.617. The molecule has 60 valence electrons. The van der Waals surface area contributed by atoms with Gasteiger partial charge in [-0.05, 0) is 22.5 Å². The normalized spacial score (nSPS) is 11.0. The molecule has 8 heteroatoms. The van der Waals surface area contributed by atoms with Crippen molar-refractivity contribution in [2.75, 3.05) is 0 Å². The van der Waals surface area contributed by atoms with Gasteiger partial charge in [0, 0.05) is 0 Å². The molecule has 2 aromatic heterocycles. The number of aromatic amines is 1. The fraction of sp³-hybridized carbons (Fsp3) is 0. The topological polar surface area (TPSA) is 106 Å². The van der Waals surface area contributed by atoms with E-state index in [9.17, 15) is 0 Å². The highest BCUT2D eigenvalue weighted by molar-refractivity contribution is 5.61. The maximum atomic E-state index is 4.26. The van der Waals surface area contributed by atoms with E-state index in [1.54, 1.807) is 12.2 Å². The molecule has 0 saturated heterocycles. The lowest BCUT2D eigenvalue weighted by atomic mass is 10.5. The minimum Gasteiger partial charge on any atom is -0.222 e. The second-order valence-electron chi connectivity index (χ2n) is 1.82. The minimum absolute atomic E-state index is 0.361. The van der Waals surface area contributed by atoms with Crippen molar-refractivity contribution in [1.82, 2.24) is 36.2 Å². The van der Waals surface area contributed by atoms with Crippen LogP contribution < -0.4 is 0 Å². The molecule has 0 bridgehead atoms. The molecule has 0 atom stereocenters. The zero-order valence-electron chi connectivity index (χ0n) is 5.75. The predicted octanol–water partition coefficient (Wildman–Crippen LogP) is -0.852. The maximum Gasteiger partial charge on any atom is 0.219 e. The van der Waals surface area contributed by atoms with Crippen molar-refractivity contribution in [2.45, 2.75) is 0 Å². The van der Waals surface area contributed by atoms with Crippen LogP contribution in [0.4, 0.5) is 0 Å². The molecule has 0 aliphatic heterocycles. The molecular weight excluding hydrogens is 162 g/mol. The summed E-state index contributed by atoms with van der Waals surface area (Å²) >= 11 is 0. The number of tetrazole rings is 1. The van der Waals surface area contributed by atoms with Gasteiger partial charge in [0.25, 0.3) is 0 Å². The Balaban J connectivity index is 2.14. The Hall–Kier alpha value is -2.12. The van der Waals surface area contributed by atoms with E-state index >= 15 is 0 Å². The highest BCUT2D eigenvalue weighted by atomic mass is 16.6. The number of hydrogen-bond donors (Lipinski definition) is 1. The summed E-state index contributed by atoms with van der Waals surface area (Å²) in [4.78, 5) is 0. The Bertz CT molecular complexity index is 312. The molecule has 2 heterocycles. The molecule has 0 spiro atoms. The summed E-state index contributed by atoms with van der Waals surface area (Å²) in [6.45, 7) is 0. The predicted molar refractivity (Wildman–Crippen MR) is 35.2 cm³/mol. The van der Waals surface area contributed by atoms with Gasteiger partial charge in [-0.3, -0.25) is 0 Å². The molecule has 0 aromatic carbocycles. The molecule has 0 radical (unpaired) electrons. The number of hydrogen-bond acceptors (Lipinski definition) is 7. The van der Waals surface area contributed by atoms with Gasteiger partial charge < -0.3 is 0 Å². The van der Waals surface area contributed by atoms with E-state index in [2.05, 4.69) is 40.8 Å². The fourth-order valence-corrected chi connectivity index (χ4v) is 0.591. The van der Waals surface area contributed by atoms with Gasteiger partial charge in [-0.1, -0.05) is 5.10 Å². The van der Waals surface area contributed by atoms with Gasteiger partial charge >= 0.3 is 0 Å². The molecule has 12 heavy (non-hydrogen) atoms. The van der Waals surface area contributed by atoms with E-state index in [0.717, 1.165) is 0 Å². The van der Waals surface area contributed by atoms with Crippen LogP contribution in [-0.2, 0) is 0 Å². The Morgan fingerprint density at radius 1 is 1.17 bits per heavy atom. The Morgan fingerprint density at radius 3 is 2.75 bits per heavy atom. The molecule has 8 nitrogen and oxygen atoms in total. The van der Waals surface area contributed by atoms with Crippen molar-refractivity contribution < 1.29 is 4.63 Å². The first-order valence-corrected chi connectivity index (χ1v) is 3.02. The molecule has 0 aliphatic rings. The molecule has 0 amide bonds. The molecule has 0 unspecified atom stereocenters. The van der Waals surface area contributed by atoms with E-state index in [0.29, 0.717) is 11.6 Å². The van der Waals surface area contributed by atoms with Crippen molar-refractivity contribution in [3.05, 3.63) is 11.6 Å². The first-order chi connectivity index (χ1) is 5.95. The van der Waals surface area contributed by atoms with Gasteiger partial charge in [-0.2, -0.15) is 5.21 Å². The SMILES string of the molecule is C(=C\c1nnon1)/c1nn[nH]n1. The third-order valence-corrected chi connectivity index (χ3v) is 1.06. The third kappa shape index (κ3) is 1.31. The lowest BCUT2D eigenvalue weighted by Gasteiger charge is -1.74. The van der Waals surface area contributed by atoms with Gasteiger partial charge in [0.05, 0.1) is 5.27 Å². The van der Waals surface area contributed by atoms with Crippen LogP contribution in [0.15, 0.2) is 4.63 Å². The summed E-state index contributed by atoms with van der Waals surface area (Å²) in [6.07, 6.45) is 3.14. The van der Waals surface area contributed by atoms with Crippen molar-refractivity contribution in [1.29, 1.82) is 0 Å². The Kier molecular flexibility index (Phi) is 1.57. The van der Waals surface area contributed by atoms with E-state index < -0.39 is 0 Å². The highest BCUT2D eigenvalue weighted by Crippen LogP contribution is 1.94. The van der Waals surface area contributed by atoms with Gasteiger partial charge in [0.2, 0.25) is 5.82 Å². The standard InChI is InChI=1S/C4H3N7O/c1(3-5-9-10-6-3)2-4-7-11-12-8-4/h1-2H,(H,5,6,9,10)/b2-1+. The monoisotopic (exact) mass is 165 g/mol. The average Bonchev–Trinajstić information content (AvgIpc) is 2.74. The molecule has 0 saturated carbocycles. The highest BCUT2D eigenvalue weighted by Gasteiger charge is 1.94. The summed E-state index contributed by atoms with van der Waals surface area (Å²) in [5.74, 6) is 0.805. The summed E-state index contributed by atoms with van der Waals surface area (Å²) in [5.41, 5.74) is 0. The van der Waals surface area contributed by atoms with Crippen LogP contribution >= 0.6 is 0 Å². The Morgan fingerprint density at radius 2 is 2.08 bits per heavy atom. The van der Waals surface area contributed by atoms with E-state index in [4.69, 9.17) is 0 Å². The molecule has 0 fully saturated rings. The van der Waals surface area contributed by atoms with Gasteiger partial charge in [0.1, 0.15) is 0 Å². The first kappa shape index (κ1) is 6.58. The molecule has 2 aromatic rings. The molecule has 0 aliphatic carbocycles. The van der Waals surface area contributed by atoms with Crippen molar-refractivity contribution in [3.8, 4) is 0 Å². The number of H-pyrrole nitrogens is 1. The summed E-state index contributed by atoms with van der Waals surface area (Å²) < 4.78 is 4.26. The number of aromatic nitrogens is 7. The largest absolute Gasteiger partial charge is 0.222 e. The zero-order valence-corrected chi connectivity index (χ0v) is 5.75. The van der Waals surface area contributed by atoms with E-state index in [1.165, 1.54) is 0 Å². The maximum absolute atomic E-state index is 4.26. The van der Waals surface area contributed by atoms with Gasteiger partial charge in [-0.25, -0.2) is 4.63 Å². The first-order valence-electron chi connectivity index (χ1n) is 3.02. The van der Waals surface area contributed by atoms with Gasteiger partial charge in [-0.15, -0.1) is 10.2 Å². The average molecular weight is 165 g/mol. The van der Waals surface area contributed by atoms with E-state index in [1.807, 2.05) is 0 Å². The molecular formula is C4H3N7O. The number of nitrogens with zero attached hydrogens (tertiary/aromatic N) is 6. The van der Waals surface area contributed by atoms with Crippen LogP contribution in [0.25, 0.3) is 12.2 Å². The molecule has 1 N–H and O–H groups in total. The smallest absolute Gasteiger partial charge is 0.219 e. The summed E-state index contributed by atoms with van der Waals surface area (Å²) in [7, 11) is 0. The van der Waals surface area contributed by atoms with Gasteiger partial charge in [0.15, 0.2) is 5.82 Å². The van der Waals surface area contributed by atoms with Crippen LogP contribution in [0, 0.1) is 0 Å². The van der Waals surface area contributed by atoms with Crippen LogP contribution in [0.5, 0.6) is 0 Å². The minimum atomic E-state index is 0.361. The number of rotatable bonds is 2. The van der Waals surface area contributed by atoms with Crippen molar-refractivity contribution in [2.24, 2.45) is 0 Å². The lowest BCUT2D eigenvalue weighted by molar-refractivity contribution is 0.292. The van der Waals surface area contributed by atoms with E-state index in [-0.39, 0.29) is 0 Å². The summed E-state index contributed by atoms with van der Waals surface area (Å²) in [5, 5.41) is 23.1. The summed E-state index contributed by atoms with van der Waals surface area (Å²) in [6, 6.07) is 0. The third-order valence-electron chi connectivity index (χ3n) is 1.06. The second kappa shape index (κ2) is 2.86. The molecule has 2 rings (SSSR count).